The number of rotatable bonds is 4. The van der Waals surface area contributed by atoms with E-state index in [-0.39, 0.29) is 12.8 Å². The molecule has 3 heterocycles. The molecule has 1 aliphatic heterocycles. The lowest BCUT2D eigenvalue weighted by molar-refractivity contribution is 0.100. The van der Waals surface area contributed by atoms with Crippen LogP contribution >= 0.6 is 0 Å². The van der Waals surface area contributed by atoms with E-state index in [0.717, 1.165) is 28.1 Å². The van der Waals surface area contributed by atoms with E-state index >= 15 is 0 Å². The Morgan fingerprint density at radius 1 is 1.24 bits per heavy atom. The number of anilines is 1. The number of carbonyl (C=O) groups excluding carboxylic acids is 1. The molecule has 1 amide bonds. The molecule has 1 aromatic carbocycles. The van der Waals surface area contributed by atoms with E-state index in [2.05, 4.69) is 10.4 Å². The van der Waals surface area contributed by atoms with Gasteiger partial charge in [-0.25, -0.2) is 4.52 Å². The first kappa shape index (κ1) is 15.3. The van der Waals surface area contributed by atoms with Crippen LogP contribution in [0.2, 0.25) is 0 Å². The molecule has 0 saturated heterocycles. The van der Waals surface area contributed by atoms with Crippen LogP contribution in [-0.4, -0.2) is 28.4 Å². The first-order valence-electron chi connectivity index (χ1n) is 8.00. The van der Waals surface area contributed by atoms with Crippen LogP contribution in [0.4, 0.5) is 5.69 Å². The number of hydrogen-bond donors (Lipinski definition) is 2. The first-order chi connectivity index (χ1) is 12.0. The third-order valence-electron chi connectivity index (χ3n) is 4.04. The Labute approximate surface area is 144 Å². The van der Waals surface area contributed by atoms with Crippen LogP contribution in [0.1, 0.15) is 24.2 Å². The van der Waals surface area contributed by atoms with Crippen molar-refractivity contribution >= 4 is 17.1 Å². The fourth-order valence-corrected chi connectivity index (χ4v) is 2.92. The molecule has 0 unspecified atom stereocenters. The van der Waals surface area contributed by atoms with Crippen LogP contribution in [0.25, 0.3) is 16.6 Å². The van der Waals surface area contributed by atoms with Crippen LogP contribution < -0.4 is 20.5 Å². The van der Waals surface area contributed by atoms with Gasteiger partial charge in [-0.3, -0.25) is 4.79 Å². The van der Waals surface area contributed by atoms with Crippen molar-refractivity contribution in [2.24, 2.45) is 5.73 Å². The Bertz CT molecular complexity index is 978. The summed E-state index contributed by atoms with van der Waals surface area (Å²) in [5, 5.41) is 7.61. The number of nitrogens with one attached hydrogen (secondary N) is 1. The lowest BCUT2D eigenvalue weighted by Crippen LogP contribution is -2.19. The van der Waals surface area contributed by atoms with Crippen LogP contribution in [0.3, 0.4) is 0 Å². The molecular weight excluding hydrogens is 320 g/mol. The van der Waals surface area contributed by atoms with E-state index in [0.29, 0.717) is 11.3 Å². The minimum Gasteiger partial charge on any atom is -0.454 e. The Hall–Kier alpha value is -3.22. The summed E-state index contributed by atoms with van der Waals surface area (Å²) in [6.45, 7) is 4.25. The molecule has 1 aliphatic rings. The first-order valence-corrected chi connectivity index (χ1v) is 8.00. The minimum atomic E-state index is -0.510. The van der Waals surface area contributed by atoms with Crippen molar-refractivity contribution in [2.75, 3.05) is 12.1 Å². The number of benzene rings is 1. The average Bonchev–Trinajstić information content (AvgIpc) is 3.20. The standard InChI is InChI=1S/C18H18N4O3/c1-10(2)21-17-13(18(19)23)7-20-22-8-12(5-14(17)22)11-3-4-15-16(6-11)25-9-24-15/h3-8,10,21H,9H2,1-2H3,(H2,19,23). The summed E-state index contributed by atoms with van der Waals surface area (Å²) in [4.78, 5) is 11.8. The molecule has 0 radical (unpaired) electrons. The summed E-state index contributed by atoms with van der Waals surface area (Å²) >= 11 is 0. The van der Waals surface area contributed by atoms with E-state index < -0.39 is 5.91 Å². The molecule has 3 aromatic rings. The van der Waals surface area contributed by atoms with Crippen molar-refractivity contribution < 1.29 is 14.3 Å². The van der Waals surface area contributed by atoms with Gasteiger partial charge in [0, 0.05) is 17.8 Å². The molecular formula is C18H18N4O3. The van der Waals surface area contributed by atoms with E-state index in [1.807, 2.05) is 44.3 Å². The van der Waals surface area contributed by atoms with Gasteiger partial charge in [0.15, 0.2) is 11.5 Å². The monoisotopic (exact) mass is 338 g/mol. The maximum absolute atomic E-state index is 11.8. The second kappa shape index (κ2) is 5.70. The predicted octanol–water partition coefficient (Wildman–Crippen LogP) is 2.65. The molecule has 0 saturated carbocycles. The second-order valence-electron chi connectivity index (χ2n) is 6.22. The van der Waals surface area contributed by atoms with Crippen LogP contribution in [-0.2, 0) is 0 Å². The Morgan fingerprint density at radius 3 is 2.80 bits per heavy atom. The highest BCUT2D eigenvalue weighted by molar-refractivity contribution is 6.02. The van der Waals surface area contributed by atoms with E-state index in [9.17, 15) is 4.79 Å². The predicted molar refractivity (Wildman–Crippen MR) is 94.0 cm³/mol. The molecule has 3 N–H and O–H groups in total. The lowest BCUT2D eigenvalue weighted by atomic mass is 10.1. The highest BCUT2D eigenvalue weighted by Gasteiger charge is 2.18. The summed E-state index contributed by atoms with van der Waals surface area (Å²) in [6.07, 6.45) is 3.40. The highest BCUT2D eigenvalue weighted by atomic mass is 16.7. The Balaban J connectivity index is 1.86. The van der Waals surface area contributed by atoms with Gasteiger partial charge in [0.1, 0.15) is 0 Å². The zero-order valence-corrected chi connectivity index (χ0v) is 13.9. The number of ether oxygens (including phenoxy) is 2. The van der Waals surface area contributed by atoms with Crippen LogP contribution in [0.5, 0.6) is 11.5 Å². The van der Waals surface area contributed by atoms with Gasteiger partial charge in [0.25, 0.3) is 5.91 Å². The SMILES string of the molecule is CC(C)Nc1c(C(N)=O)cnn2cc(-c3ccc4c(c3)OCO4)cc12. The molecule has 7 heteroatoms. The zero-order valence-electron chi connectivity index (χ0n) is 13.9. The highest BCUT2D eigenvalue weighted by Crippen LogP contribution is 2.37. The van der Waals surface area contributed by atoms with Gasteiger partial charge in [0.05, 0.1) is 23.0 Å². The number of aromatic nitrogens is 2. The molecule has 0 aliphatic carbocycles. The molecule has 0 spiro atoms. The minimum absolute atomic E-state index is 0.146. The maximum Gasteiger partial charge on any atom is 0.252 e. The van der Waals surface area contributed by atoms with Gasteiger partial charge in [-0.15, -0.1) is 0 Å². The van der Waals surface area contributed by atoms with Gasteiger partial charge in [-0.05, 0) is 37.6 Å². The number of amides is 1. The summed E-state index contributed by atoms with van der Waals surface area (Å²) in [6, 6.07) is 7.90. The third-order valence-corrected chi connectivity index (χ3v) is 4.04. The number of fused-ring (bicyclic) bond motifs is 2. The van der Waals surface area contributed by atoms with Crippen LogP contribution in [0.15, 0.2) is 36.7 Å². The van der Waals surface area contributed by atoms with Gasteiger partial charge < -0.3 is 20.5 Å². The molecule has 2 aromatic heterocycles. The van der Waals surface area contributed by atoms with Gasteiger partial charge in [-0.1, -0.05) is 6.07 Å². The Kier molecular flexibility index (Phi) is 3.49. The molecule has 128 valence electrons. The fourth-order valence-electron chi connectivity index (χ4n) is 2.92. The van der Waals surface area contributed by atoms with Gasteiger partial charge in [0.2, 0.25) is 6.79 Å². The smallest absolute Gasteiger partial charge is 0.252 e. The number of nitrogens with zero attached hydrogens (tertiary/aromatic N) is 2. The third kappa shape index (κ3) is 2.63. The van der Waals surface area contributed by atoms with E-state index in [1.165, 1.54) is 6.20 Å². The van der Waals surface area contributed by atoms with Crippen molar-refractivity contribution in [3.8, 4) is 22.6 Å². The normalized spacial score (nSPS) is 12.8. The van der Waals surface area contributed by atoms with E-state index in [4.69, 9.17) is 15.2 Å². The number of primary amides is 1. The fraction of sp³-hybridized carbons (Fsp3) is 0.222. The topological polar surface area (TPSA) is 90.9 Å². The Morgan fingerprint density at radius 2 is 2.04 bits per heavy atom. The number of hydrogen-bond acceptors (Lipinski definition) is 5. The van der Waals surface area contributed by atoms with E-state index in [1.54, 1.807) is 4.52 Å². The van der Waals surface area contributed by atoms with Crippen molar-refractivity contribution in [3.05, 3.63) is 42.2 Å². The molecule has 25 heavy (non-hydrogen) atoms. The zero-order chi connectivity index (χ0) is 17.6. The van der Waals surface area contributed by atoms with Crippen molar-refractivity contribution in [2.45, 2.75) is 19.9 Å². The lowest BCUT2D eigenvalue weighted by Gasteiger charge is -2.14. The quantitative estimate of drug-likeness (QED) is 0.763. The van der Waals surface area contributed by atoms with Gasteiger partial charge >= 0.3 is 0 Å². The molecule has 7 nitrogen and oxygen atoms in total. The summed E-state index contributed by atoms with van der Waals surface area (Å²) in [5.41, 5.74) is 9.28. The molecule has 0 fully saturated rings. The molecule has 4 rings (SSSR count). The second-order valence-corrected chi connectivity index (χ2v) is 6.22. The molecule has 0 atom stereocenters. The van der Waals surface area contributed by atoms with Gasteiger partial charge in [-0.2, -0.15) is 5.10 Å². The van der Waals surface area contributed by atoms with Crippen molar-refractivity contribution in [3.63, 3.8) is 0 Å². The summed E-state index contributed by atoms with van der Waals surface area (Å²) in [5.74, 6) is 0.951. The maximum atomic E-state index is 11.8. The largest absolute Gasteiger partial charge is 0.454 e. The number of carbonyl (C=O) groups is 1. The van der Waals surface area contributed by atoms with Crippen molar-refractivity contribution in [1.82, 2.24) is 9.61 Å². The van der Waals surface area contributed by atoms with Crippen molar-refractivity contribution in [1.29, 1.82) is 0 Å². The van der Waals surface area contributed by atoms with Crippen LogP contribution in [0, 0.1) is 0 Å². The molecule has 0 bridgehead atoms. The average molecular weight is 338 g/mol. The summed E-state index contributed by atoms with van der Waals surface area (Å²) in [7, 11) is 0. The summed E-state index contributed by atoms with van der Waals surface area (Å²) < 4.78 is 12.5. The number of nitrogens with two attached hydrogens (primary N) is 1.